The van der Waals surface area contributed by atoms with Gasteiger partial charge in [-0.25, -0.2) is 4.79 Å². The van der Waals surface area contributed by atoms with Crippen LogP contribution in [-0.2, 0) is 13.0 Å². The van der Waals surface area contributed by atoms with E-state index in [1.165, 1.54) is 7.11 Å². The van der Waals surface area contributed by atoms with Crippen LogP contribution in [0.15, 0.2) is 6.07 Å². The van der Waals surface area contributed by atoms with Gasteiger partial charge in [0, 0.05) is 23.7 Å². The summed E-state index contributed by atoms with van der Waals surface area (Å²) < 4.78 is 10.8. The van der Waals surface area contributed by atoms with E-state index in [9.17, 15) is 9.90 Å². The summed E-state index contributed by atoms with van der Waals surface area (Å²) in [7, 11) is 5.17. The Kier molecular flexibility index (Phi) is 4.18. The van der Waals surface area contributed by atoms with Gasteiger partial charge < -0.3 is 14.6 Å². The summed E-state index contributed by atoms with van der Waals surface area (Å²) in [6.45, 7) is 2.88. The van der Waals surface area contributed by atoms with Gasteiger partial charge in [-0.15, -0.1) is 0 Å². The molecule has 5 heteroatoms. The molecule has 0 spiro atoms. The van der Waals surface area contributed by atoms with E-state index in [-0.39, 0.29) is 5.56 Å². The number of hydrogen-bond acceptors (Lipinski definition) is 4. The van der Waals surface area contributed by atoms with Crippen molar-refractivity contribution in [2.45, 2.75) is 32.4 Å². The monoisotopic (exact) mass is 279 g/mol. The first-order valence-corrected chi connectivity index (χ1v) is 6.73. The average Bonchev–Trinajstić information content (AvgIpc) is 2.44. The standard InChI is InChI=1S/C15H21NO4/c1-5-9-6-10-12(8-16(9)2)13(19-3)7-11(15(17)18)14(10)20-4/h7,9H,5-6,8H2,1-4H3,(H,17,18). The van der Waals surface area contributed by atoms with E-state index < -0.39 is 5.97 Å². The predicted octanol–water partition coefficient (Wildman–Crippen LogP) is 2.17. The molecule has 1 aromatic carbocycles. The van der Waals surface area contributed by atoms with Crippen LogP contribution < -0.4 is 9.47 Å². The largest absolute Gasteiger partial charge is 0.496 e. The number of ether oxygens (including phenoxy) is 2. The predicted molar refractivity (Wildman–Crippen MR) is 75.8 cm³/mol. The van der Waals surface area contributed by atoms with Gasteiger partial charge in [-0.05, 0) is 26.0 Å². The van der Waals surface area contributed by atoms with Gasteiger partial charge in [-0.1, -0.05) is 6.92 Å². The highest BCUT2D eigenvalue weighted by atomic mass is 16.5. The lowest BCUT2D eigenvalue weighted by atomic mass is 9.89. The second-order valence-electron chi connectivity index (χ2n) is 5.10. The smallest absolute Gasteiger partial charge is 0.339 e. The second kappa shape index (κ2) is 5.71. The molecule has 110 valence electrons. The Hall–Kier alpha value is -1.75. The Balaban J connectivity index is 2.64. The molecule has 1 atom stereocenters. The SMILES string of the molecule is CCC1Cc2c(c(OC)cc(C(=O)O)c2OC)CN1C. The topological polar surface area (TPSA) is 59.0 Å². The zero-order valence-electron chi connectivity index (χ0n) is 12.4. The molecule has 20 heavy (non-hydrogen) atoms. The van der Waals surface area contributed by atoms with E-state index in [0.717, 1.165) is 30.5 Å². The maximum Gasteiger partial charge on any atom is 0.339 e. The van der Waals surface area contributed by atoms with Crippen molar-refractivity contribution >= 4 is 5.97 Å². The summed E-state index contributed by atoms with van der Waals surface area (Å²) in [5.74, 6) is 0.106. The van der Waals surface area contributed by atoms with Crippen LogP contribution in [-0.4, -0.2) is 43.3 Å². The molecule has 5 nitrogen and oxygen atoms in total. The molecular weight excluding hydrogens is 258 g/mol. The van der Waals surface area contributed by atoms with E-state index in [1.807, 2.05) is 0 Å². The molecule has 0 fully saturated rings. The molecule has 0 aromatic heterocycles. The van der Waals surface area contributed by atoms with E-state index in [2.05, 4.69) is 18.9 Å². The molecule has 1 unspecified atom stereocenters. The van der Waals surface area contributed by atoms with Gasteiger partial charge in [0.15, 0.2) is 0 Å². The first-order chi connectivity index (χ1) is 9.53. The molecule has 1 aromatic rings. The van der Waals surface area contributed by atoms with E-state index in [0.29, 0.717) is 17.5 Å². The highest BCUT2D eigenvalue weighted by Crippen LogP contribution is 2.39. The summed E-state index contributed by atoms with van der Waals surface area (Å²) in [4.78, 5) is 13.7. The number of nitrogens with zero attached hydrogens (tertiary/aromatic N) is 1. The Bertz CT molecular complexity index is 527. The molecule has 1 heterocycles. The molecule has 1 aliphatic heterocycles. The van der Waals surface area contributed by atoms with Crippen LogP contribution in [0, 0.1) is 0 Å². The Morgan fingerprint density at radius 2 is 2.10 bits per heavy atom. The van der Waals surface area contributed by atoms with Crippen LogP contribution in [0.2, 0.25) is 0 Å². The van der Waals surface area contributed by atoms with Crippen molar-refractivity contribution in [3.8, 4) is 11.5 Å². The number of carboxylic acid groups (broad SMARTS) is 1. The van der Waals surface area contributed by atoms with Crippen LogP contribution in [0.1, 0.15) is 34.8 Å². The minimum Gasteiger partial charge on any atom is -0.496 e. The molecule has 0 radical (unpaired) electrons. The number of rotatable bonds is 4. The molecule has 0 saturated heterocycles. The molecule has 2 rings (SSSR count). The fourth-order valence-corrected chi connectivity index (χ4v) is 2.92. The quantitative estimate of drug-likeness (QED) is 0.915. The number of carbonyl (C=O) groups is 1. The van der Waals surface area contributed by atoms with E-state index >= 15 is 0 Å². The Morgan fingerprint density at radius 1 is 1.40 bits per heavy atom. The third-order valence-corrected chi connectivity index (χ3v) is 4.05. The van der Waals surface area contributed by atoms with Gasteiger partial charge in [0.2, 0.25) is 0 Å². The van der Waals surface area contributed by atoms with Crippen LogP contribution in [0.25, 0.3) is 0 Å². The molecule has 0 amide bonds. The minimum absolute atomic E-state index is 0.169. The molecule has 1 aliphatic rings. The summed E-state index contributed by atoms with van der Waals surface area (Å²) in [5, 5.41) is 9.35. The van der Waals surface area contributed by atoms with Crippen molar-refractivity contribution in [3.63, 3.8) is 0 Å². The zero-order valence-corrected chi connectivity index (χ0v) is 12.4. The summed E-state index contributed by atoms with van der Waals surface area (Å²) in [6.07, 6.45) is 1.79. The number of fused-ring (bicyclic) bond motifs is 1. The van der Waals surface area contributed by atoms with Gasteiger partial charge in [0.1, 0.15) is 17.1 Å². The van der Waals surface area contributed by atoms with Crippen LogP contribution in [0.5, 0.6) is 11.5 Å². The first kappa shape index (κ1) is 14.7. The van der Waals surface area contributed by atoms with Gasteiger partial charge in [-0.3, -0.25) is 4.90 Å². The number of likely N-dealkylation sites (N-methyl/N-ethyl adjacent to an activating group) is 1. The van der Waals surface area contributed by atoms with Crippen molar-refractivity contribution in [2.24, 2.45) is 0 Å². The molecule has 1 N–H and O–H groups in total. The fraction of sp³-hybridized carbons (Fsp3) is 0.533. The average molecular weight is 279 g/mol. The first-order valence-electron chi connectivity index (χ1n) is 6.73. The molecule has 0 saturated carbocycles. The molecule has 0 bridgehead atoms. The van der Waals surface area contributed by atoms with Crippen molar-refractivity contribution < 1.29 is 19.4 Å². The van der Waals surface area contributed by atoms with Gasteiger partial charge in [0.05, 0.1) is 14.2 Å². The third kappa shape index (κ3) is 2.33. The zero-order chi connectivity index (χ0) is 14.9. The lowest BCUT2D eigenvalue weighted by molar-refractivity contribution is 0.0692. The van der Waals surface area contributed by atoms with Crippen molar-refractivity contribution in [3.05, 3.63) is 22.8 Å². The van der Waals surface area contributed by atoms with Crippen LogP contribution >= 0.6 is 0 Å². The maximum absolute atomic E-state index is 11.4. The number of methoxy groups -OCH3 is 2. The summed E-state index contributed by atoms with van der Waals surface area (Å²) in [5.41, 5.74) is 2.17. The van der Waals surface area contributed by atoms with Gasteiger partial charge >= 0.3 is 5.97 Å². The van der Waals surface area contributed by atoms with E-state index in [1.54, 1.807) is 13.2 Å². The fourth-order valence-electron chi connectivity index (χ4n) is 2.92. The van der Waals surface area contributed by atoms with E-state index in [4.69, 9.17) is 9.47 Å². The Morgan fingerprint density at radius 3 is 2.60 bits per heavy atom. The number of benzene rings is 1. The summed E-state index contributed by atoms with van der Waals surface area (Å²) in [6, 6.07) is 1.95. The number of hydrogen-bond donors (Lipinski definition) is 1. The number of carboxylic acids is 1. The van der Waals surface area contributed by atoms with Crippen molar-refractivity contribution in [2.75, 3.05) is 21.3 Å². The number of aromatic carboxylic acids is 1. The second-order valence-corrected chi connectivity index (χ2v) is 5.10. The molecular formula is C15H21NO4. The Labute approximate surface area is 119 Å². The third-order valence-electron chi connectivity index (χ3n) is 4.05. The summed E-state index contributed by atoms with van der Waals surface area (Å²) >= 11 is 0. The lowest BCUT2D eigenvalue weighted by Gasteiger charge is -2.35. The highest BCUT2D eigenvalue weighted by Gasteiger charge is 2.30. The lowest BCUT2D eigenvalue weighted by Crippen LogP contribution is -2.37. The van der Waals surface area contributed by atoms with Gasteiger partial charge in [-0.2, -0.15) is 0 Å². The maximum atomic E-state index is 11.4. The van der Waals surface area contributed by atoms with Crippen molar-refractivity contribution in [1.82, 2.24) is 4.90 Å². The molecule has 0 aliphatic carbocycles. The van der Waals surface area contributed by atoms with Crippen molar-refractivity contribution in [1.29, 1.82) is 0 Å². The van der Waals surface area contributed by atoms with Crippen LogP contribution in [0.3, 0.4) is 0 Å². The van der Waals surface area contributed by atoms with Gasteiger partial charge in [0.25, 0.3) is 0 Å². The van der Waals surface area contributed by atoms with Crippen LogP contribution in [0.4, 0.5) is 0 Å². The normalized spacial score (nSPS) is 18.5. The minimum atomic E-state index is -0.991. The highest BCUT2D eigenvalue weighted by molar-refractivity contribution is 5.92.